The van der Waals surface area contributed by atoms with Gasteiger partial charge in [0.05, 0.1) is 12.6 Å². The van der Waals surface area contributed by atoms with Crippen LogP contribution in [0.3, 0.4) is 0 Å². The first kappa shape index (κ1) is 23.4. The first-order valence-corrected chi connectivity index (χ1v) is 12.0. The SMILES string of the molecule is O=C(N[C@@H]1[C@@H](O)[C@H](O)[C@@H](CO)O[C@@H]1SC1CCCCC1)[C@H]1COC(c2cccc(F)c2)=N1. The molecule has 0 spiro atoms. The van der Waals surface area contributed by atoms with Crippen LogP contribution in [0.4, 0.5) is 4.39 Å². The van der Waals surface area contributed by atoms with Crippen LogP contribution in [0.15, 0.2) is 29.3 Å². The Bertz CT molecular complexity index is 836. The summed E-state index contributed by atoms with van der Waals surface area (Å²) < 4.78 is 24.9. The summed E-state index contributed by atoms with van der Waals surface area (Å²) in [4.78, 5) is 17.2. The summed E-state index contributed by atoms with van der Waals surface area (Å²) in [7, 11) is 0. The van der Waals surface area contributed by atoms with E-state index in [2.05, 4.69) is 10.3 Å². The summed E-state index contributed by atoms with van der Waals surface area (Å²) >= 11 is 1.53. The summed E-state index contributed by atoms with van der Waals surface area (Å²) in [5, 5.41) is 33.7. The van der Waals surface area contributed by atoms with Gasteiger partial charge in [0, 0.05) is 10.8 Å². The Morgan fingerprint density at radius 2 is 2.00 bits per heavy atom. The zero-order chi connectivity index (χ0) is 22.7. The molecule has 0 unspecified atom stereocenters. The first-order valence-electron chi connectivity index (χ1n) is 11.0. The lowest BCUT2D eigenvalue weighted by Crippen LogP contribution is -2.64. The number of rotatable bonds is 6. The van der Waals surface area contributed by atoms with Crippen molar-refractivity contribution in [3.63, 3.8) is 0 Å². The number of carbonyl (C=O) groups excluding carboxylic acids is 1. The quantitative estimate of drug-likeness (QED) is 0.491. The third-order valence-corrected chi connectivity index (χ3v) is 7.62. The van der Waals surface area contributed by atoms with E-state index in [0.29, 0.717) is 10.8 Å². The fourth-order valence-electron chi connectivity index (χ4n) is 4.29. The molecule has 4 N–H and O–H groups in total. The fourth-order valence-corrected chi connectivity index (χ4v) is 5.88. The Morgan fingerprint density at radius 1 is 1.22 bits per heavy atom. The number of carbonyl (C=O) groups is 1. The maximum Gasteiger partial charge on any atom is 0.248 e. The first-order chi connectivity index (χ1) is 15.5. The number of aliphatic hydroxyl groups excluding tert-OH is 3. The molecule has 8 nitrogen and oxygen atoms in total. The zero-order valence-corrected chi connectivity index (χ0v) is 18.4. The Hall–Kier alpha value is -1.72. The van der Waals surface area contributed by atoms with Gasteiger partial charge in [0.1, 0.15) is 36.2 Å². The standard InChI is InChI=1S/C22H29FN2O6S/c23-13-6-4-5-12(9-13)21-24-15(11-30-21)20(29)25-17-19(28)18(27)16(10-26)31-22(17)32-14-7-2-1-3-8-14/h4-6,9,14-19,22,26-28H,1-3,7-8,10-11H2,(H,25,29)/t15-,16-,17-,18-,19-,22-/m1/s1. The molecule has 2 fully saturated rings. The molecule has 0 aromatic heterocycles. The van der Waals surface area contributed by atoms with Crippen LogP contribution in [0.25, 0.3) is 0 Å². The summed E-state index contributed by atoms with van der Waals surface area (Å²) in [6.45, 7) is -0.442. The molecule has 2 aliphatic heterocycles. The zero-order valence-electron chi connectivity index (χ0n) is 17.6. The van der Waals surface area contributed by atoms with Gasteiger partial charge in [-0.15, -0.1) is 11.8 Å². The topological polar surface area (TPSA) is 121 Å². The van der Waals surface area contributed by atoms with E-state index < -0.39 is 54.2 Å². The Kier molecular flexibility index (Phi) is 7.67. The third-order valence-electron chi connectivity index (χ3n) is 6.09. The number of amides is 1. The van der Waals surface area contributed by atoms with Crippen LogP contribution in [0.1, 0.15) is 37.7 Å². The molecule has 3 aliphatic rings. The van der Waals surface area contributed by atoms with Crippen molar-refractivity contribution in [3.8, 4) is 0 Å². The predicted octanol–water partition coefficient (Wildman–Crippen LogP) is 0.961. The van der Waals surface area contributed by atoms with E-state index in [4.69, 9.17) is 9.47 Å². The summed E-state index contributed by atoms with van der Waals surface area (Å²) in [5.41, 5.74) is -0.181. The summed E-state index contributed by atoms with van der Waals surface area (Å²) in [6, 6.07) is 4.02. The Labute approximate surface area is 190 Å². The second kappa shape index (κ2) is 10.5. The summed E-state index contributed by atoms with van der Waals surface area (Å²) in [5.74, 6) is -0.731. The van der Waals surface area contributed by atoms with Crippen molar-refractivity contribution < 1.29 is 34.0 Å². The largest absolute Gasteiger partial charge is 0.475 e. The van der Waals surface area contributed by atoms with Crippen LogP contribution in [0.5, 0.6) is 0 Å². The molecule has 176 valence electrons. The van der Waals surface area contributed by atoms with E-state index in [1.165, 1.54) is 36.4 Å². The number of halogens is 1. The second-order valence-corrected chi connectivity index (χ2v) is 9.81. The van der Waals surface area contributed by atoms with E-state index in [-0.39, 0.29) is 12.5 Å². The molecule has 1 aromatic carbocycles. The lowest BCUT2D eigenvalue weighted by Gasteiger charge is -2.43. The van der Waals surface area contributed by atoms with Crippen LogP contribution in [0.2, 0.25) is 0 Å². The number of benzene rings is 1. The molecule has 6 atom stereocenters. The molecule has 1 aromatic rings. The molecule has 0 bridgehead atoms. The van der Waals surface area contributed by atoms with Gasteiger partial charge in [-0.3, -0.25) is 4.79 Å². The number of thioether (sulfide) groups is 1. The Morgan fingerprint density at radius 3 is 2.72 bits per heavy atom. The number of aliphatic imine (C=N–C) groups is 1. The highest BCUT2D eigenvalue weighted by Gasteiger charge is 2.46. The average molecular weight is 469 g/mol. The van der Waals surface area contributed by atoms with Crippen molar-refractivity contribution in [2.24, 2.45) is 4.99 Å². The maximum absolute atomic E-state index is 13.5. The minimum atomic E-state index is -1.33. The third kappa shape index (κ3) is 5.26. The average Bonchev–Trinajstić information content (AvgIpc) is 3.30. The molecule has 1 amide bonds. The maximum atomic E-state index is 13.5. The predicted molar refractivity (Wildman–Crippen MR) is 117 cm³/mol. The molecule has 1 saturated heterocycles. The van der Waals surface area contributed by atoms with Crippen molar-refractivity contribution in [1.29, 1.82) is 0 Å². The van der Waals surface area contributed by atoms with Gasteiger partial charge in [-0.25, -0.2) is 9.38 Å². The van der Waals surface area contributed by atoms with E-state index in [9.17, 15) is 24.5 Å². The highest BCUT2D eigenvalue weighted by atomic mass is 32.2. The molecular weight excluding hydrogens is 439 g/mol. The van der Waals surface area contributed by atoms with Crippen LogP contribution < -0.4 is 5.32 Å². The van der Waals surface area contributed by atoms with Gasteiger partial charge >= 0.3 is 0 Å². The van der Waals surface area contributed by atoms with Crippen LogP contribution in [0, 0.1) is 5.82 Å². The number of hydrogen-bond donors (Lipinski definition) is 4. The molecule has 1 saturated carbocycles. The summed E-state index contributed by atoms with van der Waals surface area (Å²) in [6.07, 6.45) is 1.90. The van der Waals surface area contributed by atoms with Crippen molar-refractivity contribution in [1.82, 2.24) is 5.32 Å². The highest BCUT2D eigenvalue weighted by Crippen LogP contribution is 2.36. The van der Waals surface area contributed by atoms with Gasteiger partial charge in [0.25, 0.3) is 0 Å². The number of aliphatic hydroxyl groups is 3. The van der Waals surface area contributed by atoms with Crippen molar-refractivity contribution in [2.75, 3.05) is 13.2 Å². The molecule has 4 rings (SSSR count). The second-order valence-electron chi connectivity index (χ2n) is 8.41. The minimum Gasteiger partial charge on any atom is -0.475 e. The van der Waals surface area contributed by atoms with Crippen molar-refractivity contribution in [2.45, 2.75) is 73.2 Å². The number of nitrogens with one attached hydrogen (secondary N) is 1. The molecule has 0 radical (unpaired) electrons. The van der Waals surface area contributed by atoms with Crippen LogP contribution in [-0.4, -0.2) is 81.4 Å². The van der Waals surface area contributed by atoms with E-state index in [1.807, 2.05) is 0 Å². The van der Waals surface area contributed by atoms with Gasteiger partial charge in [-0.2, -0.15) is 0 Å². The lowest BCUT2D eigenvalue weighted by molar-refractivity contribution is -0.174. The van der Waals surface area contributed by atoms with Crippen LogP contribution in [-0.2, 0) is 14.3 Å². The van der Waals surface area contributed by atoms with E-state index in [1.54, 1.807) is 6.07 Å². The molecule has 10 heteroatoms. The highest BCUT2D eigenvalue weighted by molar-refractivity contribution is 8.00. The Balaban J connectivity index is 1.46. The van der Waals surface area contributed by atoms with Crippen LogP contribution >= 0.6 is 11.8 Å². The molecular formula is C22H29FN2O6S. The van der Waals surface area contributed by atoms with Gasteiger partial charge in [0.15, 0.2) is 6.04 Å². The molecule has 2 heterocycles. The van der Waals surface area contributed by atoms with Gasteiger partial charge in [-0.05, 0) is 31.0 Å². The minimum absolute atomic E-state index is 0.0103. The van der Waals surface area contributed by atoms with Gasteiger partial charge in [-0.1, -0.05) is 25.3 Å². The molecule has 32 heavy (non-hydrogen) atoms. The van der Waals surface area contributed by atoms with Crippen molar-refractivity contribution >= 4 is 23.6 Å². The normalized spacial score (nSPS) is 33.4. The monoisotopic (exact) mass is 468 g/mol. The number of ether oxygens (including phenoxy) is 2. The molecule has 1 aliphatic carbocycles. The van der Waals surface area contributed by atoms with Gasteiger partial charge in [0.2, 0.25) is 11.8 Å². The van der Waals surface area contributed by atoms with Crippen molar-refractivity contribution in [3.05, 3.63) is 35.6 Å². The number of hydrogen-bond acceptors (Lipinski definition) is 8. The van der Waals surface area contributed by atoms with E-state index in [0.717, 1.165) is 25.7 Å². The fraction of sp³-hybridized carbons (Fsp3) is 0.636. The smallest absolute Gasteiger partial charge is 0.248 e. The van der Waals surface area contributed by atoms with E-state index >= 15 is 0 Å². The number of nitrogens with zero attached hydrogens (tertiary/aromatic N) is 1. The van der Waals surface area contributed by atoms with Gasteiger partial charge < -0.3 is 30.1 Å². The lowest BCUT2D eigenvalue weighted by atomic mass is 9.98.